The van der Waals surface area contributed by atoms with E-state index in [4.69, 9.17) is 24.4 Å². The quantitative estimate of drug-likeness (QED) is 0.352. The first kappa shape index (κ1) is 21.0. The van der Waals surface area contributed by atoms with Crippen molar-refractivity contribution in [1.82, 2.24) is 19.5 Å². The van der Waals surface area contributed by atoms with Crippen LogP contribution in [-0.4, -0.2) is 41.0 Å². The molecule has 0 fully saturated rings. The maximum Gasteiger partial charge on any atom is 0.293 e. The van der Waals surface area contributed by atoms with E-state index in [-0.39, 0.29) is 9.63 Å². The number of amides is 1. The topological polar surface area (TPSA) is 96.3 Å². The summed E-state index contributed by atoms with van der Waals surface area (Å²) >= 11 is 10.7. The molecule has 0 bridgehead atoms. The molecule has 0 aliphatic heterocycles. The van der Waals surface area contributed by atoms with Gasteiger partial charge in [0.1, 0.15) is 9.63 Å². The van der Waals surface area contributed by atoms with Crippen molar-refractivity contribution in [2.24, 2.45) is 0 Å². The molecule has 3 aromatic rings. The second-order valence-electron chi connectivity index (χ2n) is 6.04. The summed E-state index contributed by atoms with van der Waals surface area (Å²) in [7, 11) is -2.77. The molecule has 0 atom stereocenters. The first-order valence-electron chi connectivity index (χ1n) is 8.35. The zero-order valence-electron chi connectivity index (χ0n) is 15.5. The lowest BCUT2D eigenvalue weighted by molar-refractivity contribution is -0.115. The molecule has 0 aliphatic rings. The summed E-state index contributed by atoms with van der Waals surface area (Å²) < 4.78 is 27.3. The first-order valence-corrected chi connectivity index (χ1v) is 10.7. The molecule has 11 heteroatoms. The molecular formula is C18H17N5O3S3. The monoisotopic (exact) mass is 447 g/mol. The number of fused-ring (bicyclic) bond motifs is 1. The van der Waals surface area contributed by atoms with Gasteiger partial charge in [-0.15, -0.1) is 4.83 Å². The van der Waals surface area contributed by atoms with E-state index in [9.17, 15) is 13.2 Å². The van der Waals surface area contributed by atoms with Gasteiger partial charge < -0.3 is 0 Å². The van der Waals surface area contributed by atoms with Crippen LogP contribution in [0.15, 0.2) is 59.8 Å². The second kappa shape index (κ2) is 8.33. The Hall–Kier alpha value is -2.73. The number of hydrogen-bond acceptors (Lipinski definition) is 6. The van der Waals surface area contributed by atoms with Crippen molar-refractivity contribution in [1.29, 1.82) is 0 Å². The zero-order valence-corrected chi connectivity index (χ0v) is 17.9. The number of rotatable bonds is 5. The van der Waals surface area contributed by atoms with Crippen LogP contribution in [0.5, 0.6) is 0 Å². The number of hydrazine groups is 1. The predicted octanol–water partition coefficient (Wildman–Crippen LogP) is 2.36. The van der Waals surface area contributed by atoms with Gasteiger partial charge >= 0.3 is 0 Å². The summed E-state index contributed by atoms with van der Waals surface area (Å²) in [5, 5.41) is 1.26. The van der Waals surface area contributed by atoms with Crippen LogP contribution in [0.25, 0.3) is 10.9 Å². The first-order chi connectivity index (χ1) is 13.7. The van der Waals surface area contributed by atoms with Crippen LogP contribution in [0.1, 0.15) is 12.5 Å². The van der Waals surface area contributed by atoms with Gasteiger partial charge in [0.2, 0.25) is 5.91 Å². The summed E-state index contributed by atoms with van der Waals surface area (Å²) in [4.78, 5) is 18.5. The van der Waals surface area contributed by atoms with Gasteiger partial charge in [0.15, 0.2) is 0 Å². The number of thiocarbonyl (C=S) groups is 1. The molecular weight excluding hydrogens is 430 g/mol. The Morgan fingerprint density at radius 2 is 1.72 bits per heavy atom. The summed E-state index contributed by atoms with van der Waals surface area (Å²) in [5.41, 5.74) is 3.46. The molecule has 29 heavy (non-hydrogen) atoms. The normalized spacial score (nSPS) is 11.2. The van der Waals surface area contributed by atoms with Crippen LogP contribution >= 0.6 is 24.4 Å². The standard InChI is InChI=1S/C18H17N5O3S3/c1-12(24)20-23-17(28)14-10-6-7-11-15(14)19-18(23)29(25,26)21-22(2)16(27)13-8-4-3-5-9-13/h3-11,21H,1-2H3,(H,20,24). The minimum Gasteiger partial charge on any atom is -0.287 e. The summed E-state index contributed by atoms with van der Waals surface area (Å²) in [6.45, 7) is 1.25. The van der Waals surface area contributed by atoms with Crippen molar-refractivity contribution in [3.8, 4) is 0 Å². The van der Waals surface area contributed by atoms with Crippen LogP contribution in [0.2, 0.25) is 0 Å². The number of benzene rings is 2. The third-order valence-corrected chi connectivity index (χ3v) is 6.02. The van der Waals surface area contributed by atoms with Crippen molar-refractivity contribution in [2.75, 3.05) is 12.5 Å². The van der Waals surface area contributed by atoms with E-state index < -0.39 is 21.1 Å². The number of hydrogen-bond donors (Lipinski definition) is 2. The number of carbonyl (C=O) groups excluding carboxylic acids is 1. The van der Waals surface area contributed by atoms with Crippen LogP contribution < -0.4 is 10.3 Å². The summed E-state index contributed by atoms with van der Waals surface area (Å²) in [5.74, 6) is -0.497. The third kappa shape index (κ3) is 4.48. The van der Waals surface area contributed by atoms with E-state index >= 15 is 0 Å². The molecule has 2 N–H and O–H groups in total. The van der Waals surface area contributed by atoms with E-state index in [2.05, 4.69) is 15.2 Å². The SMILES string of the molecule is CC(=O)Nn1c(S(=O)(=O)NN(C)C(=S)c2ccccc2)nc2ccccc2c1=S. The number of sulfonamides is 1. The van der Waals surface area contributed by atoms with Crippen molar-refractivity contribution in [3.63, 3.8) is 0 Å². The Balaban J connectivity index is 2.06. The van der Waals surface area contributed by atoms with Crippen molar-refractivity contribution < 1.29 is 13.2 Å². The molecule has 0 radical (unpaired) electrons. The Morgan fingerprint density at radius 3 is 2.38 bits per heavy atom. The van der Waals surface area contributed by atoms with E-state index in [0.29, 0.717) is 16.5 Å². The van der Waals surface area contributed by atoms with Crippen LogP contribution in [0.4, 0.5) is 0 Å². The summed E-state index contributed by atoms with van der Waals surface area (Å²) in [6.07, 6.45) is 0. The number of aromatic nitrogens is 2. The molecule has 8 nitrogen and oxygen atoms in total. The largest absolute Gasteiger partial charge is 0.293 e. The van der Waals surface area contributed by atoms with Crippen LogP contribution in [-0.2, 0) is 14.8 Å². The van der Waals surface area contributed by atoms with Crippen molar-refractivity contribution in [3.05, 3.63) is 64.8 Å². The average Bonchev–Trinajstić information content (AvgIpc) is 2.69. The number of nitrogens with zero attached hydrogens (tertiary/aromatic N) is 3. The summed E-state index contributed by atoms with van der Waals surface area (Å²) in [6, 6.07) is 15.7. The van der Waals surface area contributed by atoms with Crippen LogP contribution in [0, 0.1) is 4.64 Å². The maximum absolute atomic E-state index is 13.1. The van der Waals surface area contributed by atoms with Crippen molar-refractivity contribution >= 4 is 56.3 Å². The van der Waals surface area contributed by atoms with Gasteiger partial charge in [0.25, 0.3) is 15.2 Å². The Morgan fingerprint density at radius 1 is 1.10 bits per heavy atom. The zero-order chi connectivity index (χ0) is 21.2. The Labute approximate surface area is 178 Å². The number of para-hydroxylation sites is 1. The highest BCUT2D eigenvalue weighted by Crippen LogP contribution is 2.17. The number of nitrogens with one attached hydrogen (secondary N) is 2. The van der Waals surface area contributed by atoms with Gasteiger partial charge in [-0.25, -0.2) is 18.1 Å². The maximum atomic E-state index is 13.1. The molecule has 0 saturated heterocycles. The van der Waals surface area contributed by atoms with Crippen molar-refractivity contribution in [2.45, 2.75) is 12.1 Å². The fourth-order valence-corrected chi connectivity index (χ4v) is 4.32. The van der Waals surface area contributed by atoms with E-state index in [1.165, 1.54) is 19.0 Å². The minimum atomic E-state index is -4.24. The highest BCUT2D eigenvalue weighted by atomic mass is 32.2. The van der Waals surface area contributed by atoms with Gasteiger partial charge in [-0.05, 0) is 12.1 Å². The molecule has 0 saturated carbocycles. The smallest absolute Gasteiger partial charge is 0.287 e. The lowest BCUT2D eigenvalue weighted by Crippen LogP contribution is -2.44. The Bertz CT molecular complexity index is 1260. The molecule has 0 aliphatic carbocycles. The fraction of sp³-hybridized carbons (Fsp3) is 0.111. The molecule has 0 unspecified atom stereocenters. The lowest BCUT2D eigenvalue weighted by Gasteiger charge is -2.22. The predicted molar refractivity (Wildman–Crippen MR) is 117 cm³/mol. The molecule has 1 aromatic heterocycles. The third-order valence-electron chi connectivity index (χ3n) is 3.84. The highest BCUT2D eigenvalue weighted by molar-refractivity contribution is 7.89. The lowest BCUT2D eigenvalue weighted by atomic mass is 10.2. The Kier molecular flexibility index (Phi) is 6.03. The van der Waals surface area contributed by atoms with Gasteiger partial charge in [0.05, 0.1) is 5.52 Å². The average molecular weight is 448 g/mol. The molecule has 2 aromatic carbocycles. The van der Waals surface area contributed by atoms with Crippen LogP contribution in [0.3, 0.4) is 0 Å². The molecule has 150 valence electrons. The molecule has 0 spiro atoms. The van der Waals surface area contributed by atoms with E-state index in [0.717, 1.165) is 4.68 Å². The van der Waals surface area contributed by atoms with Gasteiger partial charge in [-0.3, -0.25) is 15.2 Å². The van der Waals surface area contributed by atoms with Gasteiger partial charge in [-0.2, -0.15) is 0 Å². The van der Waals surface area contributed by atoms with Gasteiger partial charge in [-0.1, -0.05) is 66.9 Å². The van der Waals surface area contributed by atoms with Gasteiger partial charge in [0, 0.05) is 24.9 Å². The molecule has 1 amide bonds. The minimum absolute atomic E-state index is 0.111. The molecule has 3 rings (SSSR count). The van der Waals surface area contributed by atoms with E-state index in [1.54, 1.807) is 48.5 Å². The van der Waals surface area contributed by atoms with E-state index in [1.807, 2.05) is 6.07 Å². The second-order valence-corrected chi connectivity index (χ2v) is 8.37. The highest BCUT2D eigenvalue weighted by Gasteiger charge is 2.25. The fourth-order valence-electron chi connectivity index (χ4n) is 2.59. The number of carbonyl (C=O) groups is 1. The molecule has 1 heterocycles.